The minimum Gasteiger partial charge on any atom is -0.382 e. The summed E-state index contributed by atoms with van der Waals surface area (Å²) in [5, 5.41) is 0. The van der Waals surface area contributed by atoms with Gasteiger partial charge in [-0.2, -0.15) is 0 Å². The lowest BCUT2D eigenvalue weighted by Crippen LogP contribution is -2.23. The fourth-order valence-electron chi connectivity index (χ4n) is 1.02. The summed E-state index contributed by atoms with van der Waals surface area (Å²) in [5.74, 6) is 0. The Balaban J connectivity index is 3.19. The summed E-state index contributed by atoms with van der Waals surface area (Å²) >= 11 is 0. The Labute approximate surface area is 85.5 Å². The Bertz CT molecular complexity index is 127. The number of rotatable bonds is 10. The molecule has 0 saturated heterocycles. The van der Waals surface area contributed by atoms with Gasteiger partial charge in [-0.3, -0.25) is 0 Å². The molecular weight excluding hydrogens is 184 g/mol. The molecule has 0 aromatic heterocycles. The van der Waals surface area contributed by atoms with E-state index in [1.807, 2.05) is 0 Å². The maximum Gasteiger partial charge on any atom is 0.119 e. The average Bonchev–Trinajstić information content (AvgIpc) is 2.21. The predicted octanol–water partition coefficient (Wildman–Crippen LogP) is 1.03. The van der Waals surface area contributed by atoms with Gasteiger partial charge < -0.3 is 19.0 Å². The van der Waals surface area contributed by atoms with Crippen LogP contribution in [0.1, 0.15) is 19.3 Å². The highest BCUT2D eigenvalue weighted by molar-refractivity contribution is 5.48. The summed E-state index contributed by atoms with van der Waals surface area (Å²) < 4.78 is 15.4. The topological polar surface area (TPSA) is 44.8 Å². The van der Waals surface area contributed by atoms with Crippen LogP contribution in [0.25, 0.3) is 0 Å². The molecule has 0 spiro atoms. The van der Waals surface area contributed by atoms with Crippen molar-refractivity contribution in [1.82, 2.24) is 0 Å². The van der Waals surface area contributed by atoms with Crippen molar-refractivity contribution in [2.24, 2.45) is 0 Å². The molecule has 0 aromatic rings. The number of hydrogen-bond donors (Lipinski definition) is 0. The summed E-state index contributed by atoms with van der Waals surface area (Å²) in [7, 11) is 3.27. The minimum atomic E-state index is 0.00562. The van der Waals surface area contributed by atoms with Crippen molar-refractivity contribution in [2.75, 3.05) is 34.0 Å². The van der Waals surface area contributed by atoms with Gasteiger partial charge in [0.2, 0.25) is 0 Å². The van der Waals surface area contributed by atoms with Crippen LogP contribution in [0.4, 0.5) is 0 Å². The summed E-state index contributed by atoms with van der Waals surface area (Å²) in [6.07, 6.45) is 3.37. The Hall–Kier alpha value is -0.450. The van der Waals surface area contributed by atoms with E-state index in [-0.39, 0.29) is 6.10 Å². The second-order valence-electron chi connectivity index (χ2n) is 3.05. The number of carbonyl (C=O) groups excluding carboxylic acids is 1. The van der Waals surface area contributed by atoms with Crippen LogP contribution in [-0.2, 0) is 19.0 Å². The summed E-state index contributed by atoms with van der Waals surface area (Å²) in [6.45, 7) is 1.77. The number of hydrogen-bond acceptors (Lipinski definition) is 4. The van der Waals surface area contributed by atoms with Gasteiger partial charge in [-0.05, 0) is 12.8 Å². The van der Waals surface area contributed by atoms with Crippen molar-refractivity contribution in [2.45, 2.75) is 25.4 Å². The lowest BCUT2D eigenvalue weighted by molar-refractivity contribution is -0.108. The number of unbranched alkanes of at least 4 members (excludes halogenated alkanes) is 2. The highest BCUT2D eigenvalue weighted by atomic mass is 16.5. The van der Waals surface area contributed by atoms with Crippen LogP contribution < -0.4 is 0 Å². The first-order valence-corrected chi connectivity index (χ1v) is 4.88. The van der Waals surface area contributed by atoms with E-state index in [9.17, 15) is 4.79 Å². The lowest BCUT2D eigenvalue weighted by Gasteiger charge is -2.14. The zero-order chi connectivity index (χ0) is 10.6. The van der Waals surface area contributed by atoms with Crippen molar-refractivity contribution in [3.05, 3.63) is 0 Å². The van der Waals surface area contributed by atoms with Crippen LogP contribution in [0.3, 0.4) is 0 Å². The third kappa shape index (κ3) is 8.16. The second-order valence-corrected chi connectivity index (χ2v) is 3.05. The fraction of sp³-hybridized carbons (Fsp3) is 0.900. The Morgan fingerprint density at radius 2 is 2.00 bits per heavy atom. The van der Waals surface area contributed by atoms with Gasteiger partial charge in [0, 0.05) is 27.2 Å². The van der Waals surface area contributed by atoms with E-state index in [0.29, 0.717) is 26.2 Å². The fourth-order valence-corrected chi connectivity index (χ4v) is 1.02. The quantitative estimate of drug-likeness (QED) is 0.394. The molecule has 0 rings (SSSR count). The molecule has 0 radical (unpaired) electrons. The summed E-state index contributed by atoms with van der Waals surface area (Å²) in [5.41, 5.74) is 0. The van der Waals surface area contributed by atoms with Crippen LogP contribution in [0, 0.1) is 0 Å². The van der Waals surface area contributed by atoms with Crippen LogP contribution >= 0.6 is 0 Å². The minimum absolute atomic E-state index is 0.00562. The smallest absolute Gasteiger partial charge is 0.119 e. The molecule has 0 fully saturated rings. The molecule has 14 heavy (non-hydrogen) atoms. The molecule has 0 aromatic carbocycles. The first-order chi connectivity index (χ1) is 6.85. The summed E-state index contributed by atoms with van der Waals surface area (Å²) in [6, 6.07) is 0. The van der Waals surface area contributed by atoms with Gasteiger partial charge in [-0.1, -0.05) is 0 Å². The highest BCUT2D eigenvalue weighted by Crippen LogP contribution is 1.96. The van der Waals surface area contributed by atoms with Gasteiger partial charge in [0.1, 0.15) is 12.4 Å². The molecule has 84 valence electrons. The maximum atomic E-state index is 10.00. The molecule has 0 bridgehead atoms. The van der Waals surface area contributed by atoms with Crippen LogP contribution in [0.2, 0.25) is 0 Å². The molecule has 4 heteroatoms. The van der Waals surface area contributed by atoms with Crippen molar-refractivity contribution in [1.29, 1.82) is 0 Å². The molecular formula is C10H20O4. The SMILES string of the molecule is COCC(COCCCCC=O)OC. The van der Waals surface area contributed by atoms with E-state index in [1.54, 1.807) is 14.2 Å². The molecule has 0 aliphatic carbocycles. The second kappa shape index (κ2) is 10.6. The molecule has 0 N–H and O–H groups in total. The van der Waals surface area contributed by atoms with Crippen molar-refractivity contribution in [3.63, 3.8) is 0 Å². The number of ether oxygens (including phenoxy) is 3. The first kappa shape index (κ1) is 13.5. The molecule has 1 atom stereocenters. The number of carbonyl (C=O) groups is 1. The van der Waals surface area contributed by atoms with E-state index in [0.717, 1.165) is 19.1 Å². The first-order valence-electron chi connectivity index (χ1n) is 4.88. The molecule has 0 amide bonds. The van der Waals surface area contributed by atoms with Crippen LogP contribution in [0.15, 0.2) is 0 Å². The van der Waals surface area contributed by atoms with E-state index in [1.165, 1.54) is 0 Å². The molecule has 0 aliphatic rings. The largest absolute Gasteiger partial charge is 0.382 e. The van der Waals surface area contributed by atoms with E-state index < -0.39 is 0 Å². The average molecular weight is 204 g/mol. The van der Waals surface area contributed by atoms with Gasteiger partial charge in [-0.15, -0.1) is 0 Å². The number of methoxy groups -OCH3 is 2. The molecule has 0 aliphatic heterocycles. The summed E-state index contributed by atoms with van der Waals surface area (Å²) in [4.78, 5) is 10.00. The van der Waals surface area contributed by atoms with Gasteiger partial charge in [0.05, 0.1) is 13.2 Å². The van der Waals surface area contributed by atoms with Gasteiger partial charge in [0.15, 0.2) is 0 Å². The Morgan fingerprint density at radius 1 is 1.21 bits per heavy atom. The van der Waals surface area contributed by atoms with E-state index >= 15 is 0 Å². The van der Waals surface area contributed by atoms with Crippen molar-refractivity contribution in [3.8, 4) is 0 Å². The highest BCUT2D eigenvalue weighted by Gasteiger charge is 2.05. The number of aldehydes is 1. The lowest BCUT2D eigenvalue weighted by atomic mass is 10.3. The van der Waals surface area contributed by atoms with Crippen molar-refractivity contribution < 1.29 is 19.0 Å². The maximum absolute atomic E-state index is 10.00. The van der Waals surface area contributed by atoms with E-state index in [2.05, 4.69) is 0 Å². The predicted molar refractivity (Wildman–Crippen MR) is 53.4 cm³/mol. The monoisotopic (exact) mass is 204 g/mol. The standard InChI is InChI=1S/C10H20O4/c1-12-8-10(13-2)9-14-7-5-3-4-6-11/h6,10H,3-5,7-9H2,1-2H3. The zero-order valence-electron chi connectivity index (χ0n) is 9.03. The third-order valence-corrected chi connectivity index (χ3v) is 1.85. The molecule has 4 nitrogen and oxygen atoms in total. The van der Waals surface area contributed by atoms with Gasteiger partial charge >= 0.3 is 0 Å². The van der Waals surface area contributed by atoms with Crippen LogP contribution in [0.5, 0.6) is 0 Å². The zero-order valence-corrected chi connectivity index (χ0v) is 9.03. The van der Waals surface area contributed by atoms with Gasteiger partial charge in [-0.25, -0.2) is 0 Å². The third-order valence-electron chi connectivity index (χ3n) is 1.85. The van der Waals surface area contributed by atoms with Crippen LogP contribution in [-0.4, -0.2) is 46.4 Å². The molecule has 0 heterocycles. The Morgan fingerprint density at radius 3 is 2.57 bits per heavy atom. The normalized spacial score (nSPS) is 12.7. The molecule has 1 unspecified atom stereocenters. The van der Waals surface area contributed by atoms with Gasteiger partial charge in [0.25, 0.3) is 0 Å². The molecule has 0 saturated carbocycles. The Kier molecular flexibility index (Phi) is 10.3. The van der Waals surface area contributed by atoms with E-state index in [4.69, 9.17) is 14.2 Å². The van der Waals surface area contributed by atoms with Crippen molar-refractivity contribution >= 4 is 6.29 Å².